The molecule has 19 heavy (non-hydrogen) atoms. The minimum Gasteiger partial charge on any atom is -0.374 e. The van der Waals surface area contributed by atoms with Gasteiger partial charge in [-0.05, 0) is 24.3 Å². The molecule has 100 valence electrons. The number of sulfonamides is 1. The molecule has 2 aromatic rings. The van der Waals surface area contributed by atoms with Crippen molar-refractivity contribution in [1.82, 2.24) is 10.2 Å². The van der Waals surface area contributed by atoms with E-state index in [1.54, 1.807) is 0 Å². The van der Waals surface area contributed by atoms with Crippen molar-refractivity contribution in [3.8, 4) is 0 Å². The molecule has 1 amide bonds. The Kier molecular flexibility index (Phi) is 3.46. The molecule has 0 aliphatic carbocycles. The zero-order chi connectivity index (χ0) is 14.0. The number of anilines is 2. The number of carbonyl (C=O) groups is 1. The molecule has 0 radical (unpaired) electrons. The van der Waals surface area contributed by atoms with Crippen LogP contribution in [0.2, 0.25) is 0 Å². The Morgan fingerprint density at radius 3 is 2.32 bits per heavy atom. The van der Waals surface area contributed by atoms with Crippen LogP contribution in [-0.2, 0) is 10.0 Å². The maximum Gasteiger partial charge on any atom is 0.286 e. The summed E-state index contributed by atoms with van der Waals surface area (Å²) in [5.74, 6) is -0.474. The Morgan fingerprint density at radius 1 is 1.21 bits per heavy atom. The summed E-state index contributed by atoms with van der Waals surface area (Å²) in [4.78, 5) is 11.7. The van der Waals surface area contributed by atoms with Gasteiger partial charge in [0.1, 0.15) is 0 Å². The summed E-state index contributed by atoms with van der Waals surface area (Å²) in [5, 5.41) is 14.9. The van der Waals surface area contributed by atoms with E-state index in [1.165, 1.54) is 24.3 Å². The molecule has 1 aromatic heterocycles. The molecule has 0 aliphatic rings. The number of benzene rings is 1. The highest BCUT2D eigenvalue weighted by Crippen LogP contribution is 2.16. The highest BCUT2D eigenvalue weighted by Gasteiger charge is 2.12. The van der Waals surface area contributed by atoms with Crippen LogP contribution in [0.5, 0.6) is 0 Å². The summed E-state index contributed by atoms with van der Waals surface area (Å²) in [6.07, 6.45) is 0. The van der Waals surface area contributed by atoms with Crippen LogP contribution in [0.3, 0.4) is 0 Å². The average molecular weight is 299 g/mol. The number of amides is 1. The first-order chi connectivity index (χ1) is 8.86. The molecular formula is C9H9N5O3S2. The average Bonchev–Trinajstić information content (AvgIpc) is 2.75. The van der Waals surface area contributed by atoms with Crippen molar-refractivity contribution in [2.24, 2.45) is 5.14 Å². The van der Waals surface area contributed by atoms with Gasteiger partial charge in [0.2, 0.25) is 20.2 Å². The van der Waals surface area contributed by atoms with Crippen molar-refractivity contribution in [1.29, 1.82) is 0 Å². The number of nitrogens with zero attached hydrogens (tertiary/aromatic N) is 2. The highest BCUT2D eigenvalue weighted by molar-refractivity contribution is 7.89. The minimum atomic E-state index is -3.75. The van der Waals surface area contributed by atoms with Gasteiger partial charge in [-0.25, -0.2) is 13.6 Å². The maximum atomic E-state index is 11.7. The molecule has 0 saturated carbocycles. The van der Waals surface area contributed by atoms with Gasteiger partial charge in [-0.1, -0.05) is 11.3 Å². The largest absolute Gasteiger partial charge is 0.374 e. The number of nitrogen functional groups attached to an aromatic ring is 1. The number of aromatic nitrogens is 2. The second kappa shape index (κ2) is 4.91. The van der Waals surface area contributed by atoms with E-state index in [2.05, 4.69) is 15.5 Å². The van der Waals surface area contributed by atoms with Gasteiger partial charge in [0.05, 0.1) is 4.90 Å². The molecule has 1 heterocycles. The van der Waals surface area contributed by atoms with Gasteiger partial charge >= 0.3 is 0 Å². The van der Waals surface area contributed by atoms with Crippen LogP contribution in [0, 0.1) is 0 Å². The summed E-state index contributed by atoms with van der Waals surface area (Å²) in [5.41, 5.74) is 5.77. The minimum absolute atomic E-state index is 0.0364. The predicted octanol–water partition coefficient (Wildman–Crippen LogP) is 0.0200. The van der Waals surface area contributed by atoms with Crippen molar-refractivity contribution < 1.29 is 13.2 Å². The fourth-order valence-corrected chi connectivity index (χ4v) is 2.26. The second-order valence-corrected chi connectivity index (χ2v) is 6.04. The first kappa shape index (κ1) is 13.4. The molecule has 0 unspecified atom stereocenters. The Labute approximate surface area is 112 Å². The third kappa shape index (κ3) is 3.24. The van der Waals surface area contributed by atoms with Gasteiger partial charge in [0.25, 0.3) is 5.91 Å². The molecule has 2 rings (SSSR count). The Hall–Kier alpha value is -2.04. The number of rotatable bonds is 3. The Balaban J connectivity index is 2.14. The fourth-order valence-electron chi connectivity index (χ4n) is 1.24. The summed E-state index contributed by atoms with van der Waals surface area (Å²) in [7, 11) is -3.75. The zero-order valence-corrected chi connectivity index (χ0v) is 11.0. The number of carbonyl (C=O) groups excluding carboxylic acids is 1. The van der Waals surface area contributed by atoms with E-state index in [0.29, 0.717) is 5.69 Å². The van der Waals surface area contributed by atoms with Crippen molar-refractivity contribution in [2.75, 3.05) is 11.1 Å². The van der Waals surface area contributed by atoms with Crippen LogP contribution in [0.4, 0.5) is 10.8 Å². The standard InChI is InChI=1S/C9H9N5O3S2/c10-9-14-13-8(18-9)7(15)12-5-1-3-6(4-2-5)19(11,16)17/h1-4H,(H2,10,14)(H,12,15)(H2,11,16,17). The normalized spacial score (nSPS) is 11.2. The topological polar surface area (TPSA) is 141 Å². The van der Waals surface area contributed by atoms with Gasteiger partial charge < -0.3 is 11.1 Å². The lowest BCUT2D eigenvalue weighted by molar-refractivity contribution is 0.102. The van der Waals surface area contributed by atoms with E-state index < -0.39 is 15.9 Å². The van der Waals surface area contributed by atoms with E-state index in [0.717, 1.165) is 11.3 Å². The summed E-state index contributed by atoms with van der Waals surface area (Å²) < 4.78 is 22.1. The maximum absolute atomic E-state index is 11.7. The quantitative estimate of drug-likeness (QED) is 0.729. The molecule has 0 spiro atoms. The van der Waals surface area contributed by atoms with E-state index in [1.807, 2.05) is 0 Å². The van der Waals surface area contributed by atoms with Crippen LogP contribution in [0.1, 0.15) is 9.80 Å². The number of primary sulfonamides is 1. The monoisotopic (exact) mass is 299 g/mol. The fraction of sp³-hybridized carbons (Fsp3) is 0. The third-order valence-electron chi connectivity index (χ3n) is 2.08. The first-order valence-corrected chi connectivity index (χ1v) is 7.26. The highest BCUT2D eigenvalue weighted by atomic mass is 32.2. The van der Waals surface area contributed by atoms with Crippen molar-refractivity contribution in [2.45, 2.75) is 4.90 Å². The van der Waals surface area contributed by atoms with Gasteiger partial charge in [0.15, 0.2) is 0 Å². The van der Waals surface area contributed by atoms with Crippen LogP contribution < -0.4 is 16.2 Å². The molecule has 8 nitrogen and oxygen atoms in total. The van der Waals surface area contributed by atoms with Crippen LogP contribution in [0.25, 0.3) is 0 Å². The van der Waals surface area contributed by atoms with Crippen LogP contribution in [0.15, 0.2) is 29.2 Å². The van der Waals surface area contributed by atoms with Crippen molar-refractivity contribution in [3.05, 3.63) is 29.3 Å². The molecule has 0 fully saturated rings. The second-order valence-electron chi connectivity index (χ2n) is 3.47. The van der Waals surface area contributed by atoms with Gasteiger partial charge in [-0.3, -0.25) is 4.79 Å². The van der Waals surface area contributed by atoms with Crippen LogP contribution >= 0.6 is 11.3 Å². The van der Waals surface area contributed by atoms with Gasteiger partial charge in [0, 0.05) is 5.69 Å². The van der Waals surface area contributed by atoms with Crippen molar-refractivity contribution in [3.63, 3.8) is 0 Å². The lowest BCUT2D eigenvalue weighted by Gasteiger charge is -2.03. The van der Waals surface area contributed by atoms with E-state index >= 15 is 0 Å². The number of nitrogens with one attached hydrogen (secondary N) is 1. The number of hydrogen-bond donors (Lipinski definition) is 3. The first-order valence-electron chi connectivity index (χ1n) is 4.89. The van der Waals surface area contributed by atoms with Crippen LogP contribution in [-0.4, -0.2) is 24.5 Å². The lowest BCUT2D eigenvalue weighted by Crippen LogP contribution is -2.13. The summed E-state index contributed by atoms with van der Waals surface area (Å²) in [6.45, 7) is 0. The number of nitrogens with two attached hydrogens (primary N) is 2. The van der Waals surface area contributed by atoms with Gasteiger partial charge in [-0.15, -0.1) is 10.2 Å². The zero-order valence-electron chi connectivity index (χ0n) is 9.40. The molecule has 0 atom stereocenters. The van der Waals surface area contributed by atoms with E-state index in [-0.39, 0.29) is 15.0 Å². The smallest absolute Gasteiger partial charge is 0.286 e. The molecular weight excluding hydrogens is 290 g/mol. The molecule has 0 bridgehead atoms. The van der Waals surface area contributed by atoms with E-state index in [9.17, 15) is 13.2 Å². The predicted molar refractivity (Wildman–Crippen MR) is 70.1 cm³/mol. The van der Waals surface area contributed by atoms with E-state index in [4.69, 9.17) is 10.9 Å². The Morgan fingerprint density at radius 2 is 1.84 bits per heavy atom. The molecule has 1 aromatic carbocycles. The summed E-state index contributed by atoms with van der Waals surface area (Å²) in [6, 6.07) is 5.42. The molecule has 10 heteroatoms. The molecule has 5 N–H and O–H groups in total. The van der Waals surface area contributed by atoms with Gasteiger partial charge in [-0.2, -0.15) is 0 Å². The summed E-state index contributed by atoms with van der Waals surface area (Å²) >= 11 is 0.950. The number of hydrogen-bond acceptors (Lipinski definition) is 7. The molecule has 0 aliphatic heterocycles. The van der Waals surface area contributed by atoms with Crippen molar-refractivity contribution >= 4 is 38.1 Å². The SMILES string of the molecule is Nc1nnc(C(=O)Nc2ccc(S(N)(=O)=O)cc2)s1. The Bertz CT molecular complexity index is 708. The third-order valence-corrected chi connectivity index (χ3v) is 3.76. The molecule has 0 saturated heterocycles. The lowest BCUT2D eigenvalue weighted by atomic mass is 10.3.